The van der Waals surface area contributed by atoms with Crippen molar-refractivity contribution in [1.82, 2.24) is 0 Å². The van der Waals surface area contributed by atoms with E-state index in [0.29, 0.717) is 6.42 Å². The number of hydrogen-bond donors (Lipinski definition) is 4. The largest absolute Gasteiger partial charge is 0.456 e. The summed E-state index contributed by atoms with van der Waals surface area (Å²) in [6.45, 7) is -0.803. The molecule has 0 aromatic heterocycles. The molecule has 182 valence electrons. The molecule has 1 aliphatic rings. The van der Waals surface area contributed by atoms with Crippen molar-refractivity contribution in [3.8, 4) is 0 Å². The summed E-state index contributed by atoms with van der Waals surface area (Å²) in [6.07, 6.45) is -1.91. The number of rotatable bonds is 13. The molecule has 0 aliphatic carbocycles. The van der Waals surface area contributed by atoms with Gasteiger partial charge in [-0.05, 0) is 24.8 Å². The highest BCUT2D eigenvalue weighted by molar-refractivity contribution is 7.80. The first-order valence-corrected chi connectivity index (χ1v) is 12.1. The first kappa shape index (κ1) is 26.7. The number of ether oxygens (including phenoxy) is 2. The Kier molecular flexibility index (Phi) is 11.0. The van der Waals surface area contributed by atoms with Crippen LogP contribution in [0.3, 0.4) is 0 Å². The summed E-state index contributed by atoms with van der Waals surface area (Å²) in [4.78, 5) is 12.2. The van der Waals surface area contributed by atoms with Gasteiger partial charge in [0.2, 0.25) is 0 Å². The molecule has 1 aromatic rings. The highest BCUT2D eigenvalue weighted by atomic mass is 32.3. The van der Waals surface area contributed by atoms with Crippen molar-refractivity contribution in [3.63, 3.8) is 0 Å². The van der Waals surface area contributed by atoms with Crippen LogP contribution in [0, 0.1) is 0 Å². The molecule has 32 heavy (non-hydrogen) atoms. The van der Waals surface area contributed by atoms with E-state index in [2.05, 4.69) is 16.3 Å². The summed E-state index contributed by atoms with van der Waals surface area (Å²) >= 11 is 0. The van der Waals surface area contributed by atoms with E-state index in [4.69, 9.17) is 14.0 Å². The summed E-state index contributed by atoms with van der Waals surface area (Å²) < 4.78 is 45.5. The highest BCUT2D eigenvalue weighted by Crippen LogP contribution is 2.26. The van der Waals surface area contributed by atoms with Crippen molar-refractivity contribution in [2.75, 3.05) is 6.61 Å². The lowest BCUT2D eigenvalue weighted by molar-refractivity contribution is -0.285. The van der Waals surface area contributed by atoms with Gasteiger partial charge in [-0.2, -0.15) is 8.42 Å². The van der Waals surface area contributed by atoms with Crippen LogP contribution in [-0.4, -0.2) is 71.6 Å². The molecule has 5 atom stereocenters. The van der Waals surface area contributed by atoms with E-state index in [1.807, 2.05) is 18.2 Å². The number of aliphatic hydroxyl groups excluding tert-OH is 3. The average molecular weight is 477 g/mol. The van der Waals surface area contributed by atoms with Gasteiger partial charge >= 0.3 is 16.4 Å². The van der Waals surface area contributed by atoms with Crippen molar-refractivity contribution < 1.29 is 46.7 Å². The summed E-state index contributed by atoms with van der Waals surface area (Å²) in [5.41, 5.74) is 1.32. The molecule has 0 radical (unpaired) electrons. The molecule has 4 N–H and O–H groups in total. The van der Waals surface area contributed by atoms with Crippen LogP contribution >= 0.6 is 0 Å². The van der Waals surface area contributed by atoms with E-state index in [-0.39, 0.29) is 6.42 Å². The van der Waals surface area contributed by atoms with Crippen molar-refractivity contribution in [1.29, 1.82) is 0 Å². The molecular weight excluding hydrogens is 444 g/mol. The van der Waals surface area contributed by atoms with Gasteiger partial charge in [0.05, 0.1) is 6.61 Å². The summed E-state index contributed by atoms with van der Waals surface area (Å²) in [5.74, 6) is -0.729. The SMILES string of the molecule is O=C(CCCCCCCCc1ccccc1)O[C@@H]1[C@@H](O)[C@@H](O)O[C@H](CO)[C@H]1OS(=O)(=O)O. The molecule has 0 spiro atoms. The Morgan fingerprint density at radius 1 is 0.969 bits per heavy atom. The summed E-state index contributed by atoms with van der Waals surface area (Å²) in [5, 5.41) is 29.1. The third-order valence-corrected chi connectivity index (χ3v) is 5.72. The Labute approximate surface area is 188 Å². The molecule has 0 amide bonds. The highest BCUT2D eigenvalue weighted by Gasteiger charge is 2.49. The van der Waals surface area contributed by atoms with Crippen LogP contribution in [0.4, 0.5) is 0 Å². The summed E-state index contributed by atoms with van der Waals surface area (Å²) in [7, 11) is -5.00. The van der Waals surface area contributed by atoms with E-state index in [1.54, 1.807) is 0 Å². The number of aryl methyl sites for hydroxylation is 1. The van der Waals surface area contributed by atoms with Gasteiger partial charge in [0.25, 0.3) is 0 Å². The molecule has 2 rings (SSSR count). The molecule has 1 saturated heterocycles. The predicted octanol–water partition coefficient (Wildman–Crippen LogP) is 1.13. The second-order valence-electron chi connectivity index (χ2n) is 7.79. The standard InChI is InChI=1S/C21H32O10S/c22-14-16-19(31-32(26,27)28)20(18(24)21(25)29-16)30-17(23)13-9-4-2-1-3-6-10-15-11-7-5-8-12-15/h5,7-8,11-12,16,18-22,24-25H,1-4,6,9-10,13-14H2,(H,26,27,28)/t16-,18-,19-,20-,21+/m1/s1. The van der Waals surface area contributed by atoms with E-state index in [9.17, 15) is 28.5 Å². The lowest BCUT2D eigenvalue weighted by Gasteiger charge is -2.40. The van der Waals surface area contributed by atoms with Gasteiger partial charge in [-0.25, -0.2) is 4.18 Å². The molecule has 0 bridgehead atoms. The monoisotopic (exact) mass is 476 g/mol. The number of aliphatic hydroxyl groups is 3. The third-order valence-electron chi connectivity index (χ3n) is 5.25. The average Bonchev–Trinajstić information content (AvgIpc) is 2.75. The predicted molar refractivity (Wildman–Crippen MR) is 113 cm³/mol. The van der Waals surface area contributed by atoms with E-state index in [0.717, 1.165) is 38.5 Å². The zero-order valence-corrected chi connectivity index (χ0v) is 18.6. The van der Waals surface area contributed by atoms with Crippen LogP contribution < -0.4 is 0 Å². The van der Waals surface area contributed by atoms with Crippen LogP contribution in [-0.2, 0) is 35.3 Å². The van der Waals surface area contributed by atoms with Crippen molar-refractivity contribution >= 4 is 16.4 Å². The second kappa shape index (κ2) is 13.2. The molecule has 1 fully saturated rings. The van der Waals surface area contributed by atoms with E-state index in [1.165, 1.54) is 5.56 Å². The van der Waals surface area contributed by atoms with Gasteiger partial charge in [0.1, 0.15) is 18.3 Å². The van der Waals surface area contributed by atoms with Gasteiger partial charge in [0.15, 0.2) is 12.4 Å². The number of carbonyl (C=O) groups excluding carboxylic acids is 1. The van der Waals surface area contributed by atoms with Gasteiger partial charge < -0.3 is 24.8 Å². The Morgan fingerprint density at radius 2 is 1.59 bits per heavy atom. The fraction of sp³-hybridized carbons (Fsp3) is 0.667. The molecule has 1 aliphatic heterocycles. The molecule has 1 heterocycles. The van der Waals surface area contributed by atoms with Crippen molar-refractivity contribution in [2.24, 2.45) is 0 Å². The minimum Gasteiger partial charge on any atom is -0.456 e. The lowest BCUT2D eigenvalue weighted by atomic mass is 9.99. The zero-order chi connectivity index (χ0) is 23.6. The second-order valence-corrected chi connectivity index (χ2v) is 8.84. The first-order chi connectivity index (χ1) is 15.2. The lowest BCUT2D eigenvalue weighted by Crippen LogP contribution is -2.61. The van der Waals surface area contributed by atoms with Crippen LogP contribution in [0.25, 0.3) is 0 Å². The zero-order valence-electron chi connectivity index (χ0n) is 17.8. The number of esters is 1. The Hall–Kier alpha value is -1.60. The molecule has 0 saturated carbocycles. The maximum Gasteiger partial charge on any atom is 0.397 e. The minimum atomic E-state index is -5.00. The van der Waals surface area contributed by atoms with Gasteiger partial charge in [-0.15, -0.1) is 0 Å². The normalized spacial score (nSPS) is 26.1. The first-order valence-electron chi connectivity index (χ1n) is 10.7. The maximum absolute atomic E-state index is 12.2. The fourth-order valence-electron chi connectivity index (χ4n) is 3.61. The number of hydrogen-bond acceptors (Lipinski definition) is 9. The topological polar surface area (TPSA) is 160 Å². The fourth-order valence-corrected chi connectivity index (χ4v) is 4.12. The molecule has 0 unspecified atom stereocenters. The maximum atomic E-state index is 12.2. The van der Waals surface area contributed by atoms with E-state index < -0.39 is 53.7 Å². The third kappa shape index (κ3) is 9.10. The summed E-state index contributed by atoms with van der Waals surface area (Å²) in [6, 6.07) is 10.2. The van der Waals surface area contributed by atoms with Crippen LogP contribution in [0.1, 0.15) is 50.5 Å². The molecule has 10 nitrogen and oxygen atoms in total. The van der Waals surface area contributed by atoms with Crippen molar-refractivity contribution in [3.05, 3.63) is 35.9 Å². The molecule has 1 aromatic carbocycles. The van der Waals surface area contributed by atoms with Crippen molar-refractivity contribution in [2.45, 2.75) is 82.1 Å². The Morgan fingerprint density at radius 3 is 2.22 bits per heavy atom. The van der Waals surface area contributed by atoms with Crippen LogP contribution in [0.5, 0.6) is 0 Å². The Balaban J connectivity index is 1.71. The smallest absolute Gasteiger partial charge is 0.397 e. The number of unbranched alkanes of at least 4 members (excludes halogenated alkanes) is 5. The van der Waals surface area contributed by atoms with Gasteiger partial charge in [-0.1, -0.05) is 56.0 Å². The molecule has 11 heteroatoms. The van der Waals surface area contributed by atoms with E-state index >= 15 is 0 Å². The number of carbonyl (C=O) groups is 1. The van der Waals surface area contributed by atoms with Gasteiger partial charge in [0, 0.05) is 6.42 Å². The minimum absolute atomic E-state index is 0.0204. The molecular formula is C21H32O10S. The van der Waals surface area contributed by atoms with Crippen LogP contribution in [0.2, 0.25) is 0 Å². The van der Waals surface area contributed by atoms with Crippen LogP contribution in [0.15, 0.2) is 30.3 Å². The van der Waals surface area contributed by atoms with Gasteiger partial charge in [-0.3, -0.25) is 9.35 Å². The number of benzene rings is 1. The Bertz CT molecular complexity index is 785. The quantitative estimate of drug-likeness (QED) is 0.185.